The van der Waals surface area contributed by atoms with E-state index in [0.717, 1.165) is 24.0 Å². The van der Waals surface area contributed by atoms with E-state index in [-0.39, 0.29) is 43.4 Å². The predicted molar refractivity (Wildman–Crippen MR) is 109 cm³/mol. The highest BCUT2D eigenvalue weighted by Crippen LogP contribution is 2.18. The normalized spacial score (nSPS) is 15.7. The molecule has 0 radical (unpaired) electrons. The smallest absolute Gasteiger partial charge is 0.376 e. The van der Waals surface area contributed by atoms with Crippen molar-refractivity contribution in [2.45, 2.75) is 39.3 Å². The van der Waals surface area contributed by atoms with Gasteiger partial charge in [-0.15, -0.1) is 0 Å². The second-order valence-electron chi connectivity index (χ2n) is 7.33. The van der Waals surface area contributed by atoms with Crippen LogP contribution in [0.4, 0.5) is 11.5 Å². The first kappa shape index (κ1) is 21.4. The molecule has 10 heteroatoms. The molecule has 0 saturated carbocycles. The summed E-state index contributed by atoms with van der Waals surface area (Å²) < 4.78 is 6.82. The molecule has 2 amide bonds. The summed E-state index contributed by atoms with van der Waals surface area (Å²) in [6, 6.07) is 6.86. The number of nitro groups is 1. The number of benzene rings is 1. The number of hydrogen-bond acceptors (Lipinski definition) is 6. The summed E-state index contributed by atoms with van der Waals surface area (Å²) >= 11 is 0. The molecule has 2 aromatic rings. The molecule has 160 valence electrons. The van der Waals surface area contributed by atoms with Crippen molar-refractivity contribution in [3.63, 3.8) is 0 Å². The number of anilines is 1. The maximum absolute atomic E-state index is 12.8. The van der Waals surface area contributed by atoms with E-state index < -0.39 is 4.92 Å². The van der Waals surface area contributed by atoms with Crippen LogP contribution in [0.3, 0.4) is 0 Å². The van der Waals surface area contributed by atoms with E-state index >= 15 is 0 Å². The number of aromatic nitrogens is 2. The molecule has 0 aliphatic carbocycles. The molecule has 1 atom stereocenters. The summed E-state index contributed by atoms with van der Waals surface area (Å²) in [5, 5.41) is 17.4. The molecular weight excluding hydrogens is 390 g/mol. The average Bonchev–Trinajstić information content (AvgIpc) is 3.37. The van der Waals surface area contributed by atoms with Crippen molar-refractivity contribution in [2.75, 3.05) is 25.0 Å². The van der Waals surface area contributed by atoms with Crippen LogP contribution in [0.5, 0.6) is 0 Å². The number of rotatable bonds is 8. The van der Waals surface area contributed by atoms with E-state index in [0.29, 0.717) is 12.3 Å². The molecular formula is C20H25N5O5. The second kappa shape index (κ2) is 9.49. The second-order valence-corrected chi connectivity index (χ2v) is 7.33. The number of carbonyl (C=O) groups excluding carboxylic acids is 2. The molecule has 0 bridgehead atoms. The lowest BCUT2D eigenvalue weighted by Gasteiger charge is -2.25. The van der Waals surface area contributed by atoms with Crippen molar-refractivity contribution in [1.29, 1.82) is 0 Å². The van der Waals surface area contributed by atoms with Gasteiger partial charge in [0.05, 0.1) is 23.5 Å². The first-order valence-electron chi connectivity index (χ1n) is 9.77. The van der Waals surface area contributed by atoms with Crippen LogP contribution in [0.15, 0.2) is 30.5 Å². The Morgan fingerprint density at radius 2 is 2.17 bits per heavy atom. The highest BCUT2D eigenvalue weighted by atomic mass is 16.6. The van der Waals surface area contributed by atoms with Crippen LogP contribution in [0.25, 0.3) is 0 Å². The quantitative estimate of drug-likeness (QED) is 0.520. The van der Waals surface area contributed by atoms with E-state index in [1.807, 2.05) is 32.0 Å². The molecule has 1 aromatic carbocycles. The van der Waals surface area contributed by atoms with Crippen molar-refractivity contribution in [3.05, 3.63) is 51.7 Å². The van der Waals surface area contributed by atoms with Gasteiger partial charge in [0.1, 0.15) is 13.1 Å². The van der Waals surface area contributed by atoms with E-state index in [2.05, 4.69) is 10.4 Å². The number of amides is 2. The number of carbonyl (C=O) groups is 2. The van der Waals surface area contributed by atoms with Gasteiger partial charge in [0, 0.05) is 18.8 Å². The molecule has 1 aliphatic heterocycles. The van der Waals surface area contributed by atoms with Gasteiger partial charge >= 0.3 is 5.82 Å². The first-order chi connectivity index (χ1) is 14.3. The summed E-state index contributed by atoms with van der Waals surface area (Å²) in [6.45, 7) is 4.45. The Hall–Kier alpha value is -3.27. The van der Waals surface area contributed by atoms with Crippen molar-refractivity contribution < 1.29 is 19.2 Å². The van der Waals surface area contributed by atoms with Crippen molar-refractivity contribution in [3.8, 4) is 0 Å². The summed E-state index contributed by atoms with van der Waals surface area (Å²) in [5.74, 6) is -1.01. The zero-order chi connectivity index (χ0) is 21.7. The summed E-state index contributed by atoms with van der Waals surface area (Å²) in [5.41, 5.74) is 2.72. The van der Waals surface area contributed by atoms with Gasteiger partial charge in [-0.25, -0.2) is 0 Å². The van der Waals surface area contributed by atoms with Crippen LogP contribution in [0.1, 0.15) is 24.0 Å². The topological polar surface area (TPSA) is 120 Å². The zero-order valence-electron chi connectivity index (χ0n) is 17.0. The van der Waals surface area contributed by atoms with Crippen LogP contribution >= 0.6 is 0 Å². The van der Waals surface area contributed by atoms with Crippen molar-refractivity contribution in [1.82, 2.24) is 14.7 Å². The van der Waals surface area contributed by atoms with Crippen molar-refractivity contribution >= 4 is 23.3 Å². The van der Waals surface area contributed by atoms with Crippen molar-refractivity contribution in [2.24, 2.45) is 0 Å². The summed E-state index contributed by atoms with van der Waals surface area (Å²) in [6.07, 6.45) is 2.97. The van der Waals surface area contributed by atoms with E-state index in [1.165, 1.54) is 21.8 Å². The van der Waals surface area contributed by atoms with E-state index in [9.17, 15) is 19.7 Å². The first-order valence-corrected chi connectivity index (χ1v) is 9.77. The number of nitrogens with zero attached hydrogens (tertiary/aromatic N) is 4. The number of nitrogens with one attached hydrogen (secondary N) is 1. The highest BCUT2D eigenvalue weighted by molar-refractivity contribution is 5.95. The molecule has 1 aliphatic rings. The molecule has 10 nitrogen and oxygen atoms in total. The van der Waals surface area contributed by atoms with E-state index in [1.54, 1.807) is 0 Å². The number of aryl methyl sites for hydroxylation is 1. The lowest BCUT2D eigenvalue weighted by atomic mass is 10.1. The molecule has 1 unspecified atom stereocenters. The fraction of sp³-hybridized carbons (Fsp3) is 0.450. The molecule has 1 N–H and O–H groups in total. The fourth-order valence-corrected chi connectivity index (χ4v) is 3.31. The molecule has 30 heavy (non-hydrogen) atoms. The molecule has 1 saturated heterocycles. The van der Waals surface area contributed by atoms with Crippen LogP contribution in [0.2, 0.25) is 0 Å². The standard InChI is InChI=1S/C20H25N5O5/c1-14-5-3-7-17(15(14)2)21-19(26)12-23(11-16-6-4-10-30-16)20(27)13-24-9-8-18(22-24)25(28)29/h3,5,7-9,16H,4,6,10-13H2,1-2H3,(H,21,26). The maximum atomic E-state index is 12.8. The molecule has 1 aromatic heterocycles. The van der Waals surface area contributed by atoms with Gasteiger partial charge < -0.3 is 25.1 Å². The molecule has 2 heterocycles. The minimum atomic E-state index is -0.622. The fourth-order valence-electron chi connectivity index (χ4n) is 3.31. The van der Waals surface area contributed by atoms with Gasteiger partial charge in [-0.2, -0.15) is 4.68 Å². The largest absolute Gasteiger partial charge is 0.389 e. The molecule has 1 fully saturated rings. The highest BCUT2D eigenvalue weighted by Gasteiger charge is 2.26. The zero-order valence-corrected chi connectivity index (χ0v) is 17.0. The van der Waals surface area contributed by atoms with Gasteiger partial charge in [0.2, 0.25) is 11.8 Å². The number of hydrogen-bond donors (Lipinski definition) is 1. The Morgan fingerprint density at radius 3 is 2.83 bits per heavy atom. The maximum Gasteiger partial charge on any atom is 0.389 e. The Morgan fingerprint density at radius 1 is 1.37 bits per heavy atom. The van der Waals surface area contributed by atoms with E-state index in [4.69, 9.17) is 4.74 Å². The van der Waals surface area contributed by atoms with Gasteiger partial charge in [-0.1, -0.05) is 12.1 Å². The van der Waals surface area contributed by atoms with Crippen LogP contribution < -0.4 is 5.32 Å². The Kier molecular flexibility index (Phi) is 6.78. The minimum absolute atomic E-state index is 0.130. The van der Waals surface area contributed by atoms with Crippen LogP contribution in [0, 0.1) is 24.0 Å². The summed E-state index contributed by atoms with van der Waals surface area (Å²) in [4.78, 5) is 37.1. The van der Waals surface area contributed by atoms with Crippen LogP contribution in [-0.2, 0) is 20.9 Å². The van der Waals surface area contributed by atoms with Crippen LogP contribution in [-0.4, -0.2) is 57.2 Å². The lowest BCUT2D eigenvalue weighted by Crippen LogP contribution is -2.43. The Labute approximate surface area is 174 Å². The Balaban J connectivity index is 1.68. The Bertz CT molecular complexity index is 935. The van der Waals surface area contributed by atoms with Gasteiger partial charge in [-0.05, 0) is 48.8 Å². The minimum Gasteiger partial charge on any atom is -0.376 e. The third kappa shape index (κ3) is 5.41. The third-order valence-corrected chi connectivity index (χ3v) is 5.12. The monoisotopic (exact) mass is 415 g/mol. The van der Waals surface area contributed by atoms with Gasteiger partial charge in [0.15, 0.2) is 0 Å². The lowest BCUT2D eigenvalue weighted by molar-refractivity contribution is -0.389. The van der Waals surface area contributed by atoms with Gasteiger partial charge in [-0.3, -0.25) is 9.59 Å². The predicted octanol–water partition coefficient (Wildman–Crippen LogP) is 2.05. The van der Waals surface area contributed by atoms with Gasteiger partial charge in [0.25, 0.3) is 0 Å². The molecule has 3 rings (SSSR count). The third-order valence-electron chi connectivity index (χ3n) is 5.12. The summed E-state index contributed by atoms with van der Waals surface area (Å²) in [7, 11) is 0. The SMILES string of the molecule is Cc1cccc(NC(=O)CN(CC2CCCO2)C(=O)Cn2ccc([N+](=O)[O-])n2)c1C. The number of ether oxygens (including phenoxy) is 1. The average molecular weight is 415 g/mol. The molecule has 0 spiro atoms.